The molecule has 1 aliphatic heterocycles. The Morgan fingerprint density at radius 2 is 2.00 bits per heavy atom. The molecule has 8 nitrogen and oxygen atoms in total. The van der Waals surface area contributed by atoms with E-state index in [0.29, 0.717) is 17.7 Å². The number of nitriles is 1. The van der Waals surface area contributed by atoms with Gasteiger partial charge in [-0.2, -0.15) is 5.26 Å². The minimum absolute atomic E-state index is 0.00288. The second-order valence-corrected chi connectivity index (χ2v) is 7.84. The number of nitrogens with zero attached hydrogens (tertiary/aromatic N) is 2. The fourth-order valence-electron chi connectivity index (χ4n) is 2.29. The molecular formula is C16H19N3O5S. The van der Waals surface area contributed by atoms with Crippen LogP contribution in [0, 0.1) is 11.3 Å². The summed E-state index contributed by atoms with van der Waals surface area (Å²) in [5.74, 6) is -0.862. The molecule has 1 saturated heterocycles. The van der Waals surface area contributed by atoms with Crippen LogP contribution in [0.1, 0.15) is 24.8 Å². The van der Waals surface area contributed by atoms with E-state index in [0.717, 1.165) is 5.06 Å². The van der Waals surface area contributed by atoms with Crippen LogP contribution in [-0.2, 0) is 24.3 Å². The zero-order chi connectivity index (χ0) is 18.3. The molecule has 0 saturated carbocycles. The minimum Gasteiger partial charge on any atom is -0.325 e. The van der Waals surface area contributed by atoms with E-state index >= 15 is 0 Å². The van der Waals surface area contributed by atoms with Gasteiger partial charge in [-0.05, 0) is 18.6 Å². The highest BCUT2D eigenvalue weighted by molar-refractivity contribution is 7.91. The van der Waals surface area contributed by atoms with Gasteiger partial charge in [-0.1, -0.05) is 12.1 Å². The summed E-state index contributed by atoms with van der Waals surface area (Å²) in [5.41, 5.74) is 0.800. The maximum absolute atomic E-state index is 12.0. The number of carbonyl (C=O) groups is 2. The van der Waals surface area contributed by atoms with Crippen molar-refractivity contribution in [1.29, 1.82) is 5.26 Å². The van der Waals surface area contributed by atoms with Crippen molar-refractivity contribution in [2.75, 3.05) is 30.0 Å². The average molecular weight is 365 g/mol. The van der Waals surface area contributed by atoms with Gasteiger partial charge in [0.25, 0.3) is 0 Å². The summed E-state index contributed by atoms with van der Waals surface area (Å²) in [6.45, 7) is -0.0393. The van der Waals surface area contributed by atoms with Crippen molar-refractivity contribution in [3.63, 3.8) is 0 Å². The summed E-state index contributed by atoms with van der Waals surface area (Å²) < 4.78 is 22.9. The number of hydroxylamine groups is 2. The number of carbonyl (C=O) groups excluding carboxylic acids is 2. The van der Waals surface area contributed by atoms with Gasteiger partial charge in [0.1, 0.15) is 6.07 Å². The van der Waals surface area contributed by atoms with Crippen LogP contribution in [0.4, 0.5) is 5.69 Å². The van der Waals surface area contributed by atoms with Crippen LogP contribution in [0.15, 0.2) is 24.3 Å². The SMILES string of the molecule is N#Cc1ccccc1NC(=O)CCCC(=O)N1CCS(=O)(=O)CCO1. The lowest BCUT2D eigenvalue weighted by atomic mass is 10.1. The molecule has 2 amide bonds. The molecule has 134 valence electrons. The molecule has 25 heavy (non-hydrogen) atoms. The van der Waals surface area contributed by atoms with Gasteiger partial charge < -0.3 is 5.32 Å². The molecular weight excluding hydrogens is 346 g/mol. The van der Waals surface area contributed by atoms with Gasteiger partial charge in [0.05, 0.1) is 35.9 Å². The summed E-state index contributed by atoms with van der Waals surface area (Å²) in [4.78, 5) is 29.1. The number of para-hydroxylation sites is 1. The number of hydrogen-bond donors (Lipinski definition) is 1. The van der Waals surface area contributed by atoms with E-state index in [2.05, 4.69) is 5.32 Å². The molecule has 1 heterocycles. The Hall–Kier alpha value is -2.44. The Labute approximate surface area is 146 Å². The van der Waals surface area contributed by atoms with Crippen LogP contribution in [-0.4, -0.2) is 50.0 Å². The first kappa shape index (κ1) is 18.9. The quantitative estimate of drug-likeness (QED) is 0.827. The third-order valence-electron chi connectivity index (χ3n) is 3.64. The largest absolute Gasteiger partial charge is 0.325 e. The van der Waals surface area contributed by atoms with Crippen molar-refractivity contribution in [3.8, 4) is 6.07 Å². The molecule has 1 fully saturated rings. The normalized spacial score (nSPS) is 16.5. The minimum atomic E-state index is -3.17. The highest BCUT2D eigenvalue weighted by Gasteiger charge is 2.23. The molecule has 0 aromatic heterocycles. The second-order valence-electron chi connectivity index (χ2n) is 5.54. The summed E-state index contributed by atoms with van der Waals surface area (Å²) in [5, 5.41) is 12.7. The third-order valence-corrected chi connectivity index (χ3v) is 5.23. The molecule has 0 unspecified atom stereocenters. The van der Waals surface area contributed by atoms with E-state index in [1.54, 1.807) is 24.3 Å². The summed E-state index contributed by atoms with van der Waals surface area (Å²) in [6.07, 6.45) is 0.483. The smallest absolute Gasteiger partial charge is 0.246 e. The van der Waals surface area contributed by atoms with Crippen molar-refractivity contribution < 1.29 is 22.8 Å². The van der Waals surface area contributed by atoms with Crippen LogP contribution in [0.2, 0.25) is 0 Å². The molecule has 0 atom stereocenters. The van der Waals surface area contributed by atoms with Crippen LogP contribution < -0.4 is 5.32 Å². The number of benzene rings is 1. The standard InChI is InChI=1S/C16H19N3O5S/c17-12-13-4-1-2-5-14(13)18-15(20)6-3-7-16(21)19-8-10-25(22,23)11-9-24-19/h1-2,4-5H,3,6-11H2,(H,18,20). The van der Waals surface area contributed by atoms with Crippen molar-refractivity contribution in [2.45, 2.75) is 19.3 Å². The fourth-order valence-corrected chi connectivity index (χ4v) is 3.26. The Kier molecular flexibility index (Phi) is 6.50. The number of nitrogens with one attached hydrogen (secondary N) is 1. The fraction of sp³-hybridized carbons (Fsp3) is 0.438. The van der Waals surface area contributed by atoms with Crippen LogP contribution in [0.5, 0.6) is 0 Å². The highest BCUT2D eigenvalue weighted by atomic mass is 32.2. The first-order chi connectivity index (χ1) is 11.9. The van der Waals surface area contributed by atoms with Crippen LogP contribution in [0.3, 0.4) is 0 Å². The van der Waals surface area contributed by atoms with Gasteiger partial charge in [0.15, 0.2) is 9.84 Å². The molecule has 1 N–H and O–H groups in total. The Balaban J connectivity index is 1.77. The summed E-state index contributed by atoms with van der Waals surface area (Å²) in [6, 6.07) is 8.64. The Morgan fingerprint density at radius 1 is 1.24 bits per heavy atom. The Morgan fingerprint density at radius 3 is 2.76 bits per heavy atom. The number of amides is 2. The topological polar surface area (TPSA) is 117 Å². The number of sulfone groups is 1. The molecule has 1 aromatic carbocycles. The van der Waals surface area contributed by atoms with Gasteiger partial charge >= 0.3 is 0 Å². The van der Waals surface area contributed by atoms with Crippen LogP contribution >= 0.6 is 0 Å². The molecule has 2 rings (SSSR count). The van der Waals surface area contributed by atoms with Crippen LogP contribution in [0.25, 0.3) is 0 Å². The lowest BCUT2D eigenvalue weighted by molar-refractivity contribution is -0.182. The molecule has 0 spiro atoms. The van der Waals surface area contributed by atoms with Crippen molar-refractivity contribution in [3.05, 3.63) is 29.8 Å². The molecule has 1 aromatic rings. The molecule has 0 bridgehead atoms. The Bertz CT molecular complexity index is 785. The first-order valence-electron chi connectivity index (χ1n) is 7.84. The first-order valence-corrected chi connectivity index (χ1v) is 9.66. The van der Waals surface area contributed by atoms with Gasteiger partial charge in [-0.3, -0.25) is 14.4 Å². The number of rotatable bonds is 5. The van der Waals surface area contributed by atoms with Gasteiger partial charge in [-0.25, -0.2) is 13.5 Å². The zero-order valence-corrected chi connectivity index (χ0v) is 14.4. The maximum atomic E-state index is 12.0. The molecule has 1 aliphatic rings. The molecule has 9 heteroatoms. The van der Waals surface area contributed by atoms with E-state index in [1.165, 1.54) is 0 Å². The predicted molar refractivity (Wildman–Crippen MR) is 90.0 cm³/mol. The van der Waals surface area contributed by atoms with Crippen molar-refractivity contribution in [1.82, 2.24) is 5.06 Å². The summed E-state index contributed by atoms with van der Waals surface area (Å²) in [7, 11) is -3.17. The van der Waals surface area contributed by atoms with E-state index in [4.69, 9.17) is 10.1 Å². The average Bonchev–Trinajstić information content (AvgIpc) is 2.76. The van der Waals surface area contributed by atoms with E-state index in [9.17, 15) is 18.0 Å². The predicted octanol–water partition coefficient (Wildman–Crippen LogP) is 0.856. The molecule has 0 radical (unpaired) electrons. The summed E-state index contributed by atoms with van der Waals surface area (Å²) >= 11 is 0. The van der Waals surface area contributed by atoms with Gasteiger partial charge in [0.2, 0.25) is 11.8 Å². The lowest BCUT2D eigenvalue weighted by Gasteiger charge is -2.18. The number of anilines is 1. The van der Waals surface area contributed by atoms with E-state index in [1.807, 2.05) is 6.07 Å². The number of hydrogen-bond acceptors (Lipinski definition) is 6. The second kappa shape index (κ2) is 8.60. The van der Waals surface area contributed by atoms with E-state index in [-0.39, 0.29) is 49.3 Å². The third kappa shape index (κ3) is 5.85. The zero-order valence-electron chi connectivity index (χ0n) is 13.6. The van der Waals surface area contributed by atoms with E-state index < -0.39 is 9.84 Å². The maximum Gasteiger partial charge on any atom is 0.246 e. The van der Waals surface area contributed by atoms with Crippen molar-refractivity contribution >= 4 is 27.3 Å². The monoisotopic (exact) mass is 365 g/mol. The van der Waals surface area contributed by atoms with Gasteiger partial charge in [-0.15, -0.1) is 0 Å². The lowest BCUT2D eigenvalue weighted by Crippen LogP contribution is -2.32. The van der Waals surface area contributed by atoms with Gasteiger partial charge in [0, 0.05) is 12.8 Å². The van der Waals surface area contributed by atoms with Crippen molar-refractivity contribution in [2.24, 2.45) is 0 Å². The molecule has 0 aliphatic carbocycles. The highest BCUT2D eigenvalue weighted by Crippen LogP contribution is 2.14.